The quantitative estimate of drug-likeness (QED) is 0.870. The van der Waals surface area contributed by atoms with Crippen LogP contribution in [-0.4, -0.2) is 11.0 Å². The molecule has 2 nitrogen and oxygen atoms in total. The third kappa shape index (κ3) is 2.83. The summed E-state index contributed by atoms with van der Waals surface area (Å²) in [4.78, 5) is 4.38. The monoisotopic (exact) mass is 238 g/mol. The van der Waals surface area contributed by atoms with Gasteiger partial charge in [0.1, 0.15) is 5.01 Å². The maximum atomic E-state index is 4.38. The molecular formula is C13H22N2S. The summed E-state index contributed by atoms with van der Waals surface area (Å²) in [5.74, 6) is 1.68. The maximum absolute atomic E-state index is 4.38. The lowest BCUT2D eigenvalue weighted by molar-refractivity contribution is 0.216. The number of hydrogen-bond donors (Lipinski definition) is 1. The zero-order chi connectivity index (χ0) is 11.5. The van der Waals surface area contributed by atoms with Crippen molar-refractivity contribution in [3.63, 3.8) is 0 Å². The topological polar surface area (TPSA) is 24.9 Å². The molecule has 3 heteroatoms. The first kappa shape index (κ1) is 12.1. The SMILES string of the molecule is CC1CCC(C)C(NC(C)c2nccs2)C1. The number of hydrogen-bond acceptors (Lipinski definition) is 3. The third-order valence-corrected chi connectivity index (χ3v) is 4.70. The van der Waals surface area contributed by atoms with Crippen LogP contribution in [0.2, 0.25) is 0 Å². The van der Waals surface area contributed by atoms with Crippen molar-refractivity contribution >= 4 is 11.3 Å². The highest BCUT2D eigenvalue weighted by Gasteiger charge is 2.26. The van der Waals surface area contributed by atoms with Gasteiger partial charge in [0.15, 0.2) is 0 Å². The number of thiazole rings is 1. The predicted molar refractivity (Wildman–Crippen MR) is 69.6 cm³/mol. The Bertz CT molecular complexity index is 310. The first-order chi connectivity index (χ1) is 7.66. The van der Waals surface area contributed by atoms with Gasteiger partial charge in [-0.3, -0.25) is 0 Å². The minimum absolute atomic E-state index is 0.401. The normalized spacial score (nSPS) is 32.6. The Labute approximate surface area is 102 Å². The molecule has 0 amide bonds. The summed E-state index contributed by atoms with van der Waals surface area (Å²) in [5, 5.41) is 7.02. The molecule has 1 aromatic heterocycles. The van der Waals surface area contributed by atoms with Gasteiger partial charge in [-0.05, 0) is 31.6 Å². The largest absolute Gasteiger partial charge is 0.305 e. The van der Waals surface area contributed by atoms with Crippen LogP contribution >= 0.6 is 11.3 Å². The zero-order valence-electron chi connectivity index (χ0n) is 10.4. The summed E-state index contributed by atoms with van der Waals surface area (Å²) in [5.41, 5.74) is 0. The van der Waals surface area contributed by atoms with Gasteiger partial charge in [-0.15, -0.1) is 11.3 Å². The van der Waals surface area contributed by atoms with E-state index in [4.69, 9.17) is 0 Å². The molecule has 2 rings (SSSR count). The Hall–Kier alpha value is -0.410. The van der Waals surface area contributed by atoms with Crippen molar-refractivity contribution in [1.82, 2.24) is 10.3 Å². The summed E-state index contributed by atoms with van der Waals surface area (Å²) < 4.78 is 0. The predicted octanol–water partition coefficient (Wildman–Crippen LogP) is 3.62. The van der Waals surface area contributed by atoms with E-state index in [2.05, 4.69) is 36.5 Å². The second-order valence-corrected chi connectivity index (χ2v) is 6.19. The summed E-state index contributed by atoms with van der Waals surface area (Å²) in [6.45, 7) is 6.97. The Morgan fingerprint density at radius 2 is 2.25 bits per heavy atom. The number of rotatable bonds is 3. The van der Waals surface area contributed by atoms with Gasteiger partial charge in [-0.1, -0.05) is 20.3 Å². The first-order valence-electron chi connectivity index (χ1n) is 6.32. The van der Waals surface area contributed by atoms with Crippen LogP contribution in [-0.2, 0) is 0 Å². The fraction of sp³-hybridized carbons (Fsp3) is 0.769. The van der Waals surface area contributed by atoms with Crippen LogP contribution in [0.25, 0.3) is 0 Å². The molecule has 0 spiro atoms. The van der Waals surface area contributed by atoms with Crippen LogP contribution in [0.1, 0.15) is 51.1 Å². The van der Waals surface area contributed by atoms with Gasteiger partial charge in [-0.25, -0.2) is 4.98 Å². The molecule has 1 aromatic rings. The van der Waals surface area contributed by atoms with Gasteiger partial charge in [-0.2, -0.15) is 0 Å². The maximum Gasteiger partial charge on any atom is 0.109 e. The molecule has 0 aliphatic heterocycles. The highest BCUT2D eigenvalue weighted by atomic mass is 32.1. The molecule has 0 aromatic carbocycles. The lowest BCUT2D eigenvalue weighted by Crippen LogP contribution is -2.40. The van der Waals surface area contributed by atoms with Gasteiger partial charge in [0.25, 0.3) is 0 Å². The smallest absolute Gasteiger partial charge is 0.109 e. The van der Waals surface area contributed by atoms with E-state index in [0.717, 1.165) is 11.8 Å². The lowest BCUT2D eigenvalue weighted by Gasteiger charge is -2.35. The van der Waals surface area contributed by atoms with E-state index < -0.39 is 0 Å². The molecule has 90 valence electrons. The molecule has 1 heterocycles. The van der Waals surface area contributed by atoms with Crippen molar-refractivity contribution in [2.45, 2.75) is 52.1 Å². The van der Waals surface area contributed by atoms with Gasteiger partial charge in [0.05, 0.1) is 6.04 Å². The van der Waals surface area contributed by atoms with E-state index in [0.29, 0.717) is 12.1 Å². The highest BCUT2D eigenvalue weighted by molar-refractivity contribution is 7.09. The summed E-state index contributed by atoms with van der Waals surface area (Å²) in [7, 11) is 0. The fourth-order valence-corrected chi connectivity index (χ4v) is 3.26. The van der Waals surface area contributed by atoms with Crippen molar-refractivity contribution in [2.75, 3.05) is 0 Å². The molecule has 1 fully saturated rings. The Morgan fingerprint density at radius 3 is 2.94 bits per heavy atom. The molecule has 0 radical (unpaired) electrons. The Balaban J connectivity index is 1.93. The van der Waals surface area contributed by atoms with E-state index in [1.165, 1.54) is 24.3 Å². The van der Waals surface area contributed by atoms with Crippen molar-refractivity contribution < 1.29 is 0 Å². The molecule has 1 aliphatic carbocycles. The van der Waals surface area contributed by atoms with E-state index in [-0.39, 0.29) is 0 Å². The van der Waals surface area contributed by atoms with E-state index in [1.54, 1.807) is 11.3 Å². The van der Waals surface area contributed by atoms with E-state index >= 15 is 0 Å². The van der Waals surface area contributed by atoms with Crippen molar-refractivity contribution in [1.29, 1.82) is 0 Å². The van der Waals surface area contributed by atoms with Crippen LogP contribution in [0, 0.1) is 11.8 Å². The molecule has 1 saturated carbocycles. The van der Waals surface area contributed by atoms with Crippen LogP contribution in [0.15, 0.2) is 11.6 Å². The standard InChI is InChI=1S/C13H22N2S/c1-9-4-5-10(2)12(8-9)15-11(3)13-14-6-7-16-13/h6-7,9-12,15H,4-5,8H2,1-3H3. The first-order valence-corrected chi connectivity index (χ1v) is 7.20. The highest BCUT2D eigenvalue weighted by Crippen LogP contribution is 2.30. The molecule has 1 N–H and O–H groups in total. The molecule has 16 heavy (non-hydrogen) atoms. The Morgan fingerprint density at radius 1 is 1.44 bits per heavy atom. The summed E-state index contributed by atoms with van der Waals surface area (Å²) in [6, 6.07) is 1.07. The van der Waals surface area contributed by atoms with Gasteiger partial charge >= 0.3 is 0 Å². The van der Waals surface area contributed by atoms with Crippen LogP contribution in [0.3, 0.4) is 0 Å². The second-order valence-electron chi connectivity index (χ2n) is 5.26. The van der Waals surface area contributed by atoms with Crippen molar-refractivity contribution in [3.8, 4) is 0 Å². The number of nitrogens with zero attached hydrogens (tertiary/aromatic N) is 1. The van der Waals surface area contributed by atoms with Crippen LogP contribution in [0.5, 0.6) is 0 Å². The minimum atomic E-state index is 0.401. The molecule has 0 saturated heterocycles. The zero-order valence-corrected chi connectivity index (χ0v) is 11.3. The van der Waals surface area contributed by atoms with Gasteiger partial charge in [0.2, 0.25) is 0 Å². The minimum Gasteiger partial charge on any atom is -0.305 e. The molecule has 0 bridgehead atoms. The average molecular weight is 238 g/mol. The van der Waals surface area contributed by atoms with E-state index in [9.17, 15) is 0 Å². The molecular weight excluding hydrogens is 216 g/mol. The molecule has 4 unspecified atom stereocenters. The molecule has 4 atom stereocenters. The fourth-order valence-electron chi connectivity index (χ4n) is 2.61. The van der Waals surface area contributed by atoms with Crippen LogP contribution in [0.4, 0.5) is 0 Å². The third-order valence-electron chi connectivity index (χ3n) is 3.74. The van der Waals surface area contributed by atoms with Gasteiger partial charge in [0, 0.05) is 17.6 Å². The van der Waals surface area contributed by atoms with Crippen LogP contribution < -0.4 is 5.32 Å². The summed E-state index contributed by atoms with van der Waals surface area (Å²) in [6.07, 6.45) is 5.97. The van der Waals surface area contributed by atoms with Gasteiger partial charge < -0.3 is 5.32 Å². The number of aromatic nitrogens is 1. The average Bonchev–Trinajstić information content (AvgIpc) is 2.76. The Kier molecular flexibility index (Phi) is 3.98. The van der Waals surface area contributed by atoms with E-state index in [1.807, 2.05) is 6.20 Å². The number of nitrogens with one attached hydrogen (secondary N) is 1. The molecule has 1 aliphatic rings. The second kappa shape index (κ2) is 5.28. The lowest BCUT2D eigenvalue weighted by atomic mass is 9.80. The van der Waals surface area contributed by atoms with Crippen molar-refractivity contribution in [2.24, 2.45) is 11.8 Å². The van der Waals surface area contributed by atoms with Crippen molar-refractivity contribution in [3.05, 3.63) is 16.6 Å². The summed E-state index contributed by atoms with van der Waals surface area (Å²) >= 11 is 1.75.